The highest BCUT2D eigenvalue weighted by Gasteiger charge is 2.47. The summed E-state index contributed by atoms with van der Waals surface area (Å²) in [6, 6.07) is 23.1. The van der Waals surface area contributed by atoms with E-state index < -0.39 is 6.17 Å². The number of urea groups is 1. The molecule has 0 bridgehead atoms. The molecule has 2 fully saturated rings. The number of carbonyl (C=O) groups excluding carboxylic acids is 2. The van der Waals surface area contributed by atoms with Crippen LogP contribution in [-0.4, -0.2) is 88.0 Å². The molecule has 3 amide bonds. The minimum Gasteiger partial charge on any atom is -0.508 e. The number of thioether (sulfide) groups is 1. The second kappa shape index (κ2) is 13.4. The molecule has 0 spiro atoms. The number of nitrogens with zero attached hydrogens (tertiary/aromatic N) is 4. The van der Waals surface area contributed by atoms with Crippen LogP contribution < -0.4 is 5.32 Å². The number of fused-ring (bicyclic) bond motifs is 1. The molecule has 216 valence electrons. The van der Waals surface area contributed by atoms with Gasteiger partial charge in [-0.15, -0.1) is 0 Å². The Balaban J connectivity index is 1.31. The number of benzene rings is 3. The van der Waals surface area contributed by atoms with Gasteiger partial charge in [-0.2, -0.15) is 11.8 Å². The van der Waals surface area contributed by atoms with Gasteiger partial charge in [0.2, 0.25) is 5.91 Å². The van der Waals surface area contributed by atoms with Crippen molar-refractivity contribution in [1.29, 1.82) is 0 Å². The quantitative estimate of drug-likeness (QED) is 0.376. The van der Waals surface area contributed by atoms with Crippen LogP contribution in [0.3, 0.4) is 0 Å². The molecule has 2 atom stereocenters. The van der Waals surface area contributed by atoms with Crippen molar-refractivity contribution in [2.45, 2.75) is 30.9 Å². The lowest BCUT2D eigenvalue weighted by atomic mass is 9.99. The number of halogens is 1. The van der Waals surface area contributed by atoms with E-state index >= 15 is 0 Å². The minimum atomic E-state index is -0.468. The number of nitrogens with one attached hydrogen (secondary N) is 1. The molecule has 2 saturated heterocycles. The molecule has 10 heteroatoms. The van der Waals surface area contributed by atoms with E-state index in [1.54, 1.807) is 41.3 Å². The molecule has 3 aromatic rings. The minimum absolute atomic E-state index is 0.0121. The van der Waals surface area contributed by atoms with Gasteiger partial charge in [-0.1, -0.05) is 54.6 Å². The Labute approximate surface area is 244 Å². The molecular formula is C31H36FN5O3S. The third-order valence-electron chi connectivity index (χ3n) is 7.54. The van der Waals surface area contributed by atoms with Crippen molar-refractivity contribution in [1.82, 2.24) is 25.1 Å². The van der Waals surface area contributed by atoms with E-state index in [4.69, 9.17) is 0 Å². The number of amides is 3. The van der Waals surface area contributed by atoms with Crippen molar-refractivity contribution < 1.29 is 19.1 Å². The number of hydrogen-bond donors (Lipinski definition) is 2. The summed E-state index contributed by atoms with van der Waals surface area (Å²) >= 11 is 1.87. The zero-order valence-corrected chi connectivity index (χ0v) is 24.0. The number of piperazine rings is 1. The zero-order chi connectivity index (χ0) is 28.8. The Kier molecular flexibility index (Phi) is 9.43. The number of hydrogen-bond acceptors (Lipinski definition) is 6. The topological polar surface area (TPSA) is 79.4 Å². The highest BCUT2D eigenvalue weighted by molar-refractivity contribution is 7.98. The van der Waals surface area contributed by atoms with E-state index in [1.165, 1.54) is 17.7 Å². The predicted octanol–water partition coefficient (Wildman–Crippen LogP) is 3.92. The van der Waals surface area contributed by atoms with Gasteiger partial charge in [0.1, 0.15) is 17.7 Å². The fourth-order valence-electron chi connectivity index (χ4n) is 5.53. The highest BCUT2D eigenvalue weighted by atomic mass is 32.2. The lowest BCUT2D eigenvalue weighted by molar-refractivity contribution is -0.179. The van der Waals surface area contributed by atoms with Gasteiger partial charge in [0.15, 0.2) is 0 Å². The third kappa shape index (κ3) is 7.38. The Morgan fingerprint density at radius 2 is 1.68 bits per heavy atom. The van der Waals surface area contributed by atoms with Crippen molar-refractivity contribution in [3.05, 3.63) is 101 Å². The molecule has 8 nitrogen and oxygen atoms in total. The van der Waals surface area contributed by atoms with E-state index in [9.17, 15) is 19.1 Å². The number of phenols is 1. The van der Waals surface area contributed by atoms with E-state index in [0.29, 0.717) is 19.5 Å². The van der Waals surface area contributed by atoms with Gasteiger partial charge in [0, 0.05) is 44.7 Å². The second-order valence-electron chi connectivity index (χ2n) is 10.5. The average Bonchev–Trinajstić information content (AvgIpc) is 2.96. The van der Waals surface area contributed by atoms with Gasteiger partial charge in [0.05, 0.1) is 12.6 Å². The van der Waals surface area contributed by atoms with E-state index in [0.717, 1.165) is 29.2 Å². The molecule has 2 heterocycles. The van der Waals surface area contributed by atoms with E-state index in [-0.39, 0.29) is 42.6 Å². The summed E-state index contributed by atoms with van der Waals surface area (Å²) in [6.07, 6.45) is 0.148. The van der Waals surface area contributed by atoms with Crippen molar-refractivity contribution in [3.8, 4) is 5.75 Å². The Morgan fingerprint density at radius 1 is 0.976 bits per heavy atom. The lowest BCUT2D eigenvalue weighted by Crippen LogP contribution is -2.75. The largest absolute Gasteiger partial charge is 0.508 e. The zero-order valence-electron chi connectivity index (χ0n) is 23.2. The summed E-state index contributed by atoms with van der Waals surface area (Å²) in [5, 5.41) is 16.1. The maximum absolute atomic E-state index is 13.5. The summed E-state index contributed by atoms with van der Waals surface area (Å²) < 4.78 is 13.3. The van der Waals surface area contributed by atoms with Crippen molar-refractivity contribution >= 4 is 23.7 Å². The monoisotopic (exact) mass is 577 g/mol. The summed E-state index contributed by atoms with van der Waals surface area (Å²) in [6.45, 7) is 2.42. The molecule has 3 aromatic carbocycles. The molecule has 0 unspecified atom stereocenters. The average molecular weight is 578 g/mol. The number of aromatic hydroxyl groups is 1. The Morgan fingerprint density at radius 3 is 2.41 bits per heavy atom. The molecule has 0 aliphatic carbocycles. The Bertz CT molecular complexity index is 1310. The first kappa shape index (κ1) is 28.9. The number of phenolic OH excluding ortho intramolecular Hbond substituents is 1. The first-order chi connectivity index (χ1) is 19.9. The Hall–Kier alpha value is -3.60. The van der Waals surface area contributed by atoms with Gasteiger partial charge in [0.25, 0.3) is 0 Å². The van der Waals surface area contributed by atoms with Crippen molar-refractivity contribution in [2.24, 2.45) is 0 Å². The first-order valence-corrected chi connectivity index (χ1v) is 15.0. The molecule has 0 saturated carbocycles. The number of carbonyl (C=O) groups is 2. The van der Waals surface area contributed by atoms with Crippen LogP contribution in [-0.2, 0) is 23.5 Å². The smallest absolute Gasteiger partial charge is 0.334 e. The van der Waals surface area contributed by atoms with Gasteiger partial charge in [-0.3, -0.25) is 9.69 Å². The van der Waals surface area contributed by atoms with Gasteiger partial charge < -0.3 is 15.3 Å². The summed E-state index contributed by atoms with van der Waals surface area (Å²) in [7, 11) is 1.76. The summed E-state index contributed by atoms with van der Waals surface area (Å²) in [4.78, 5) is 31.2. The van der Waals surface area contributed by atoms with Crippen LogP contribution >= 0.6 is 11.8 Å². The fraction of sp³-hybridized carbons (Fsp3) is 0.355. The maximum Gasteiger partial charge on any atom is 0.334 e. The van der Waals surface area contributed by atoms with Crippen LogP contribution in [0.15, 0.2) is 78.9 Å². The van der Waals surface area contributed by atoms with Crippen LogP contribution in [0.25, 0.3) is 0 Å². The molecule has 2 aliphatic rings. The van der Waals surface area contributed by atoms with E-state index in [1.807, 2.05) is 34.9 Å². The second-order valence-corrected chi connectivity index (χ2v) is 11.7. The molecule has 2 aliphatic heterocycles. The molecule has 0 aromatic heterocycles. The number of hydrazine groups is 1. The van der Waals surface area contributed by atoms with Crippen LogP contribution in [0, 0.1) is 5.82 Å². The lowest BCUT2D eigenvalue weighted by Gasteiger charge is -2.55. The van der Waals surface area contributed by atoms with Crippen LogP contribution in [0.1, 0.15) is 16.7 Å². The maximum atomic E-state index is 13.5. The van der Waals surface area contributed by atoms with Gasteiger partial charge in [-0.25, -0.2) is 19.2 Å². The molecule has 5 rings (SSSR count). The first-order valence-electron chi connectivity index (χ1n) is 13.8. The van der Waals surface area contributed by atoms with Crippen molar-refractivity contribution in [2.75, 3.05) is 39.0 Å². The van der Waals surface area contributed by atoms with E-state index in [2.05, 4.69) is 34.5 Å². The standard InChI is InChI=1S/C31H36FN5O3S/c1-34-21-30(39)36-27(17-23-9-13-28(38)14-10-23)19-35(15-16-41-22-25-5-3-2-4-6-25)20-29(36)37(34)31(40)33-18-24-7-11-26(32)12-8-24/h2-14,27,29,38H,15-22H2,1H3,(H,33,40)/t27-,29-/m0/s1. The van der Waals surface area contributed by atoms with Crippen LogP contribution in [0.2, 0.25) is 0 Å². The summed E-state index contributed by atoms with van der Waals surface area (Å²) in [5.74, 6) is 1.72. The number of rotatable bonds is 9. The molecular weight excluding hydrogens is 541 g/mol. The highest BCUT2D eigenvalue weighted by Crippen LogP contribution is 2.27. The molecule has 41 heavy (non-hydrogen) atoms. The van der Waals surface area contributed by atoms with Gasteiger partial charge in [-0.05, 0) is 47.4 Å². The molecule has 2 N–H and O–H groups in total. The summed E-state index contributed by atoms with van der Waals surface area (Å²) in [5.41, 5.74) is 3.10. The van der Waals surface area contributed by atoms with Crippen LogP contribution in [0.5, 0.6) is 5.75 Å². The van der Waals surface area contributed by atoms with Crippen molar-refractivity contribution in [3.63, 3.8) is 0 Å². The SMILES string of the molecule is CN1CC(=O)N2[C@@H](Cc3ccc(O)cc3)CN(CCSCc3ccccc3)C[C@@H]2N1C(=O)NCc1ccc(F)cc1. The normalized spacial score (nSPS) is 19.7. The number of likely N-dealkylation sites (N-methyl/N-ethyl adjacent to an activating group) is 1. The third-order valence-corrected chi connectivity index (χ3v) is 8.55. The van der Waals surface area contributed by atoms with Crippen LogP contribution in [0.4, 0.5) is 9.18 Å². The molecule has 0 radical (unpaired) electrons. The predicted molar refractivity (Wildman–Crippen MR) is 158 cm³/mol. The fourth-order valence-corrected chi connectivity index (χ4v) is 6.49. The van der Waals surface area contributed by atoms with Gasteiger partial charge >= 0.3 is 6.03 Å².